The van der Waals surface area contributed by atoms with Gasteiger partial charge in [-0.15, -0.1) is 11.8 Å². The lowest BCUT2D eigenvalue weighted by atomic mass is 10.0. The van der Waals surface area contributed by atoms with E-state index in [-0.39, 0.29) is 28.4 Å². The summed E-state index contributed by atoms with van der Waals surface area (Å²) in [4.78, 5) is 27.7. The van der Waals surface area contributed by atoms with Crippen LogP contribution in [0, 0.1) is 5.92 Å². The Bertz CT molecular complexity index is 1140. The zero-order chi connectivity index (χ0) is 22.3. The van der Waals surface area contributed by atoms with E-state index in [2.05, 4.69) is 54.0 Å². The van der Waals surface area contributed by atoms with Gasteiger partial charge in [0, 0.05) is 28.4 Å². The van der Waals surface area contributed by atoms with Gasteiger partial charge in [-0.25, -0.2) is 4.79 Å². The molecule has 0 aliphatic carbocycles. The molecule has 4 rings (SSSR count). The zero-order valence-corrected chi connectivity index (χ0v) is 19.6. The van der Waals surface area contributed by atoms with Gasteiger partial charge in [-0.05, 0) is 50.5 Å². The van der Waals surface area contributed by atoms with Gasteiger partial charge in [0.15, 0.2) is 0 Å². The number of nitrogens with zero attached hydrogens (tertiary/aromatic N) is 2. The third-order valence-electron chi connectivity index (χ3n) is 6.04. The van der Waals surface area contributed by atoms with Gasteiger partial charge in [0.05, 0.1) is 11.9 Å². The average Bonchev–Trinajstić information content (AvgIpc) is 3.22. The van der Waals surface area contributed by atoms with E-state index in [9.17, 15) is 9.59 Å². The van der Waals surface area contributed by atoms with E-state index in [0.717, 1.165) is 12.1 Å². The largest absolute Gasteiger partial charge is 0.464 e. The van der Waals surface area contributed by atoms with Crippen LogP contribution in [0.5, 0.6) is 0 Å². The number of esters is 1. The Morgan fingerprint density at radius 2 is 1.81 bits per heavy atom. The third-order valence-corrected chi connectivity index (χ3v) is 7.41. The molecule has 1 fully saturated rings. The number of para-hydroxylation sites is 1. The molecule has 3 atom stereocenters. The predicted octanol–water partition coefficient (Wildman–Crippen LogP) is 5.36. The van der Waals surface area contributed by atoms with E-state index in [1.54, 1.807) is 23.6 Å². The molecule has 0 bridgehead atoms. The van der Waals surface area contributed by atoms with E-state index in [1.165, 1.54) is 21.8 Å². The molecule has 0 N–H and O–H groups in total. The third kappa shape index (κ3) is 3.61. The second kappa shape index (κ2) is 8.58. The first kappa shape index (κ1) is 21.8. The van der Waals surface area contributed by atoms with E-state index in [4.69, 9.17) is 4.74 Å². The van der Waals surface area contributed by atoms with E-state index in [0.29, 0.717) is 6.61 Å². The summed E-state index contributed by atoms with van der Waals surface area (Å²) < 4.78 is 7.66. The molecule has 2 aromatic carbocycles. The molecule has 0 spiro atoms. The highest BCUT2D eigenvalue weighted by Gasteiger charge is 2.46. The summed E-state index contributed by atoms with van der Waals surface area (Å²) in [6.07, 6.45) is 0. The molecule has 164 valence electrons. The van der Waals surface area contributed by atoms with Crippen molar-refractivity contribution in [3.8, 4) is 0 Å². The van der Waals surface area contributed by atoms with Crippen molar-refractivity contribution < 1.29 is 14.3 Å². The van der Waals surface area contributed by atoms with Gasteiger partial charge < -0.3 is 14.2 Å². The second-order valence-corrected chi connectivity index (χ2v) is 9.78. The number of aromatic nitrogens is 1. The highest BCUT2D eigenvalue weighted by molar-refractivity contribution is 8.01. The molecular weight excluding hydrogens is 408 g/mol. The van der Waals surface area contributed by atoms with Crippen LogP contribution in [0.25, 0.3) is 21.8 Å². The van der Waals surface area contributed by atoms with Crippen molar-refractivity contribution in [2.45, 2.75) is 57.8 Å². The lowest BCUT2D eigenvalue weighted by molar-refractivity contribution is -0.156. The van der Waals surface area contributed by atoms with Gasteiger partial charge in [-0.2, -0.15) is 0 Å². The maximum atomic E-state index is 13.2. The van der Waals surface area contributed by atoms with Crippen molar-refractivity contribution in [1.29, 1.82) is 0 Å². The standard InChI is InChI=1S/C25H30N2O3S/c1-6-26-20-11-9-8-10-18(20)19-14-17(12-13-21(19)26)24-27(23(28)16(5)31-24)22(15(3)4)25(29)30-7-2/h8-16,22,24H,6-7H2,1-5H3. The van der Waals surface area contributed by atoms with Crippen molar-refractivity contribution >= 4 is 45.4 Å². The molecular formula is C25H30N2O3S. The number of carbonyl (C=O) groups excluding carboxylic acids is 2. The summed E-state index contributed by atoms with van der Waals surface area (Å²) in [6.45, 7) is 11.0. The first-order valence-corrected chi connectivity index (χ1v) is 12.0. The quantitative estimate of drug-likeness (QED) is 0.486. The molecule has 5 nitrogen and oxygen atoms in total. The minimum absolute atomic E-state index is 0.00200. The molecule has 1 saturated heterocycles. The molecule has 6 heteroatoms. The number of hydrogen-bond acceptors (Lipinski definition) is 4. The van der Waals surface area contributed by atoms with Crippen LogP contribution in [0.2, 0.25) is 0 Å². The molecule has 0 radical (unpaired) electrons. The number of fused-ring (bicyclic) bond motifs is 3. The summed E-state index contributed by atoms with van der Waals surface area (Å²) in [5.74, 6) is -0.366. The first-order valence-electron chi connectivity index (χ1n) is 11.0. The fourth-order valence-corrected chi connectivity index (χ4v) is 5.96. The monoisotopic (exact) mass is 438 g/mol. The van der Waals surface area contributed by atoms with Crippen LogP contribution in [0.1, 0.15) is 45.6 Å². The summed E-state index contributed by atoms with van der Waals surface area (Å²) in [5, 5.41) is 1.97. The summed E-state index contributed by atoms with van der Waals surface area (Å²) in [7, 11) is 0. The van der Waals surface area contributed by atoms with Crippen molar-refractivity contribution in [2.75, 3.05) is 6.61 Å². The van der Waals surface area contributed by atoms with E-state index >= 15 is 0 Å². The number of aryl methyl sites for hydroxylation is 1. The molecule has 1 aliphatic heterocycles. The lowest BCUT2D eigenvalue weighted by Crippen LogP contribution is -2.48. The van der Waals surface area contributed by atoms with Gasteiger partial charge in [-0.1, -0.05) is 38.1 Å². The smallest absolute Gasteiger partial charge is 0.329 e. The van der Waals surface area contributed by atoms with Crippen LogP contribution >= 0.6 is 11.8 Å². The minimum atomic E-state index is -0.595. The van der Waals surface area contributed by atoms with Crippen LogP contribution in [0.4, 0.5) is 0 Å². The molecule has 3 aromatic rings. The predicted molar refractivity (Wildman–Crippen MR) is 127 cm³/mol. The van der Waals surface area contributed by atoms with Crippen molar-refractivity contribution in [1.82, 2.24) is 9.47 Å². The van der Waals surface area contributed by atoms with Crippen LogP contribution in [-0.2, 0) is 20.9 Å². The number of rotatable bonds is 6. The fourth-order valence-electron chi connectivity index (χ4n) is 4.66. The fraction of sp³-hybridized carbons (Fsp3) is 0.440. The van der Waals surface area contributed by atoms with Crippen LogP contribution in [0.3, 0.4) is 0 Å². The maximum absolute atomic E-state index is 13.2. The van der Waals surface area contributed by atoms with Gasteiger partial charge >= 0.3 is 5.97 Å². The number of carbonyl (C=O) groups is 2. The SMILES string of the molecule is CCOC(=O)C(C(C)C)N1C(=O)C(C)SC1c1ccc2c(c1)c1ccccc1n2CC. The molecule has 1 aliphatic rings. The lowest BCUT2D eigenvalue weighted by Gasteiger charge is -2.33. The maximum Gasteiger partial charge on any atom is 0.329 e. The summed E-state index contributed by atoms with van der Waals surface area (Å²) >= 11 is 1.60. The average molecular weight is 439 g/mol. The normalized spacial score (nSPS) is 20.2. The molecule has 1 aromatic heterocycles. The molecule has 2 heterocycles. The first-order chi connectivity index (χ1) is 14.9. The number of ether oxygens (including phenoxy) is 1. The minimum Gasteiger partial charge on any atom is -0.464 e. The Morgan fingerprint density at radius 3 is 2.48 bits per heavy atom. The molecule has 1 amide bonds. The number of hydrogen-bond donors (Lipinski definition) is 0. The number of benzene rings is 2. The highest BCUT2D eigenvalue weighted by Crippen LogP contribution is 2.46. The van der Waals surface area contributed by atoms with Gasteiger partial charge in [0.2, 0.25) is 5.91 Å². The van der Waals surface area contributed by atoms with Gasteiger partial charge in [-0.3, -0.25) is 4.79 Å². The Balaban J connectivity index is 1.84. The Labute approximate surface area is 187 Å². The van der Waals surface area contributed by atoms with Crippen LogP contribution in [0.15, 0.2) is 42.5 Å². The molecule has 3 unspecified atom stereocenters. The number of amides is 1. The Hall–Kier alpha value is -2.47. The molecule has 0 saturated carbocycles. The second-order valence-electron chi connectivity index (χ2n) is 8.36. The zero-order valence-electron chi connectivity index (χ0n) is 18.8. The van der Waals surface area contributed by atoms with Crippen LogP contribution in [-0.4, -0.2) is 39.2 Å². The van der Waals surface area contributed by atoms with E-state index < -0.39 is 6.04 Å². The Morgan fingerprint density at radius 1 is 1.10 bits per heavy atom. The van der Waals surface area contributed by atoms with Crippen molar-refractivity contribution in [3.63, 3.8) is 0 Å². The van der Waals surface area contributed by atoms with E-state index in [1.807, 2.05) is 20.8 Å². The van der Waals surface area contributed by atoms with Crippen LogP contribution < -0.4 is 0 Å². The molecule has 31 heavy (non-hydrogen) atoms. The summed E-state index contributed by atoms with van der Waals surface area (Å²) in [5.41, 5.74) is 3.44. The van der Waals surface area contributed by atoms with Gasteiger partial charge in [0.25, 0.3) is 0 Å². The van der Waals surface area contributed by atoms with Gasteiger partial charge in [0.1, 0.15) is 11.4 Å². The Kier molecular flexibility index (Phi) is 6.02. The van der Waals surface area contributed by atoms with Crippen molar-refractivity contribution in [3.05, 3.63) is 48.0 Å². The summed E-state index contributed by atoms with van der Waals surface area (Å²) in [6, 6.07) is 14.3. The highest BCUT2D eigenvalue weighted by atomic mass is 32.2. The topological polar surface area (TPSA) is 51.5 Å². The number of thioether (sulfide) groups is 1. The van der Waals surface area contributed by atoms with Crippen molar-refractivity contribution in [2.24, 2.45) is 5.92 Å².